The highest BCUT2D eigenvalue weighted by molar-refractivity contribution is 6.33. The number of hydrogen-bond donors (Lipinski definition) is 0. The molecule has 0 aliphatic heterocycles. The van der Waals surface area contributed by atoms with Gasteiger partial charge in [-0.25, -0.2) is 4.68 Å². The van der Waals surface area contributed by atoms with E-state index in [9.17, 15) is 4.79 Å². The van der Waals surface area contributed by atoms with Crippen molar-refractivity contribution >= 4 is 17.5 Å². The van der Waals surface area contributed by atoms with E-state index < -0.39 is 0 Å². The number of carbonyl (C=O) groups excluding carboxylic acids is 1. The van der Waals surface area contributed by atoms with Gasteiger partial charge in [0.2, 0.25) is 11.8 Å². The fraction of sp³-hybridized carbons (Fsp3) is 0.182. The van der Waals surface area contributed by atoms with Crippen LogP contribution in [0.4, 0.5) is 0 Å². The van der Waals surface area contributed by atoms with Gasteiger partial charge in [0.1, 0.15) is 0 Å². The van der Waals surface area contributed by atoms with Gasteiger partial charge in [-0.15, -0.1) is 10.2 Å². The maximum Gasteiger partial charge on any atom is 0.257 e. The summed E-state index contributed by atoms with van der Waals surface area (Å²) in [4.78, 5) is 14.8. The third kappa shape index (κ3) is 4.26. The topological polar surface area (TPSA) is 77.1 Å². The summed E-state index contributed by atoms with van der Waals surface area (Å²) in [6.07, 6.45) is 4.09. The Morgan fingerprint density at radius 3 is 2.63 bits per heavy atom. The zero-order valence-corrected chi connectivity index (χ0v) is 17.2. The Labute approximate surface area is 178 Å². The summed E-state index contributed by atoms with van der Waals surface area (Å²) in [5.41, 5.74) is 2.05. The first-order chi connectivity index (χ1) is 14.7. The van der Waals surface area contributed by atoms with Gasteiger partial charge in [-0.1, -0.05) is 48.9 Å². The number of halogens is 1. The van der Waals surface area contributed by atoms with Crippen LogP contribution in [-0.2, 0) is 6.54 Å². The van der Waals surface area contributed by atoms with Gasteiger partial charge in [0, 0.05) is 12.7 Å². The van der Waals surface area contributed by atoms with Crippen LogP contribution in [0.15, 0.2) is 71.4 Å². The molecule has 0 unspecified atom stereocenters. The number of para-hydroxylation sites is 1. The molecule has 8 heteroatoms. The first-order valence-corrected chi connectivity index (χ1v) is 10.00. The molecule has 4 aromatic rings. The Balaban J connectivity index is 1.53. The van der Waals surface area contributed by atoms with Crippen molar-refractivity contribution in [3.05, 3.63) is 83.5 Å². The quantitative estimate of drug-likeness (QED) is 0.435. The highest BCUT2D eigenvalue weighted by atomic mass is 35.5. The molecular formula is C22H20ClN5O2. The summed E-state index contributed by atoms with van der Waals surface area (Å²) in [5, 5.41) is 13.0. The molecule has 0 N–H and O–H groups in total. The molecule has 2 aromatic carbocycles. The van der Waals surface area contributed by atoms with Crippen molar-refractivity contribution in [2.45, 2.75) is 19.9 Å². The number of benzene rings is 2. The smallest absolute Gasteiger partial charge is 0.257 e. The van der Waals surface area contributed by atoms with Crippen LogP contribution in [0.1, 0.15) is 29.6 Å². The highest BCUT2D eigenvalue weighted by Crippen LogP contribution is 2.26. The standard InChI is InChI=1S/C22H20ClN5O2/c1-2-12-27(15-20-25-26-21(30-20)18-10-6-7-11-19(18)23)22(29)16-13-24-28(14-16)17-8-4-3-5-9-17/h3-11,13-14H,2,12,15H2,1H3. The molecule has 30 heavy (non-hydrogen) atoms. The lowest BCUT2D eigenvalue weighted by Crippen LogP contribution is -2.31. The molecule has 152 valence electrons. The minimum absolute atomic E-state index is 0.142. The molecule has 0 saturated heterocycles. The fourth-order valence-corrected chi connectivity index (χ4v) is 3.30. The predicted octanol–water partition coefficient (Wildman–Crippen LogP) is 4.63. The van der Waals surface area contributed by atoms with E-state index in [4.69, 9.17) is 16.0 Å². The van der Waals surface area contributed by atoms with E-state index >= 15 is 0 Å². The summed E-state index contributed by atoms with van der Waals surface area (Å²) in [6, 6.07) is 16.9. The predicted molar refractivity (Wildman–Crippen MR) is 113 cm³/mol. The second kappa shape index (κ2) is 8.92. The van der Waals surface area contributed by atoms with Gasteiger partial charge >= 0.3 is 0 Å². The van der Waals surface area contributed by atoms with Gasteiger partial charge < -0.3 is 9.32 Å². The lowest BCUT2D eigenvalue weighted by molar-refractivity contribution is 0.0728. The maximum absolute atomic E-state index is 13.1. The zero-order valence-electron chi connectivity index (χ0n) is 16.4. The van der Waals surface area contributed by atoms with E-state index in [2.05, 4.69) is 15.3 Å². The third-order valence-corrected chi connectivity index (χ3v) is 4.86. The third-order valence-electron chi connectivity index (χ3n) is 4.53. The second-order valence-corrected chi connectivity index (χ2v) is 7.12. The largest absolute Gasteiger partial charge is 0.419 e. The van der Waals surface area contributed by atoms with Crippen molar-refractivity contribution in [1.29, 1.82) is 0 Å². The van der Waals surface area contributed by atoms with Crippen LogP contribution in [0.25, 0.3) is 17.1 Å². The molecule has 0 bridgehead atoms. The van der Waals surface area contributed by atoms with Crippen LogP contribution < -0.4 is 0 Å². The van der Waals surface area contributed by atoms with E-state index in [1.54, 1.807) is 28.0 Å². The van der Waals surface area contributed by atoms with Gasteiger partial charge in [-0.3, -0.25) is 4.79 Å². The van der Waals surface area contributed by atoms with Gasteiger partial charge in [0.15, 0.2) is 0 Å². The summed E-state index contributed by atoms with van der Waals surface area (Å²) < 4.78 is 7.45. The average Bonchev–Trinajstić information content (AvgIpc) is 3.44. The monoisotopic (exact) mass is 421 g/mol. The van der Waals surface area contributed by atoms with Crippen molar-refractivity contribution in [3.8, 4) is 17.1 Å². The minimum atomic E-state index is -0.142. The van der Waals surface area contributed by atoms with Gasteiger partial charge in [-0.05, 0) is 30.7 Å². The molecule has 2 heterocycles. The summed E-state index contributed by atoms with van der Waals surface area (Å²) >= 11 is 6.21. The van der Waals surface area contributed by atoms with E-state index in [1.165, 1.54) is 0 Å². The van der Waals surface area contributed by atoms with Crippen LogP contribution in [0.2, 0.25) is 5.02 Å². The van der Waals surface area contributed by atoms with Crippen molar-refractivity contribution in [3.63, 3.8) is 0 Å². The number of rotatable bonds is 7. The number of amides is 1. The lowest BCUT2D eigenvalue weighted by Gasteiger charge is -2.19. The van der Waals surface area contributed by atoms with Gasteiger partial charge in [-0.2, -0.15) is 5.10 Å². The van der Waals surface area contributed by atoms with Crippen LogP contribution in [0.5, 0.6) is 0 Å². The Hall–Kier alpha value is -3.45. The maximum atomic E-state index is 13.1. The van der Waals surface area contributed by atoms with Crippen molar-refractivity contribution in [2.75, 3.05) is 6.54 Å². The van der Waals surface area contributed by atoms with Crippen molar-refractivity contribution in [1.82, 2.24) is 24.9 Å². The molecule has 0 aliphatic rings. The second-order valence-electron chi connectivity index (χ2n) is 6.72. The molecule has 1 amide bonds. The van der Waals surface area contributed by atoms with E-state index in [1.807, 2.05) is 55.5 Å². The average molecular weight is 422 g/mol. The normalized spacial score (nSPS) is 10.9. The Bertz CT molecular complexity index is 1140. The lowest BCUT2D eigenvalue weighted by atomic mass is 10.2. The SMILES string of the molecule is CCCN(Cc1nnc(-c2ccccc2Cl)o1)C(=O)c1cnn(-c2ccccc2)c1. The number of aromatic nitrogens is 4. The minimum Gasteiger partial charge on any atom is -0.419 e. The Morgan fingerprint density at radius 1 is 1.10 bits per heavy atom. The molecule has 7 nitrogen and oxygen atoms in total. The molecule has 0 radical (unpaired) electrons. The first kappa shape index (κ1) is 19.8. The van der Waals surface area contributed by atoms with E-state index in [-0.39, 0.29) is 12.5 Å². The van der Waals surface area contributed by atoms with Crippen molar-refractivity contribution in [2.24, 2.45) is 0 Å². The molecule has 0 spiro atoms. The summed E-state index contributed by atoms with van der Waals surface area (Å²) in [7, 11) is 0. The summed E-state index contributed by atoms with van der Waals surface area (Å²) in [6.45, 7) is 2.77. The van der Waals surface area contributed by atoms with Crippen LogP contribution in [-0.4, -0.2) is 37.3 Å². The van der Waals surface area contributed by atoms with Gasteiger partial charge in [0.25, 0.3) is 5.91 Å². The Morgan fingerprint density at radius 2 is 1.87 bits per heavy atom. The van der Waals surface area contributed by atoms with Crippen molar-refractivity contribution < 1.29 is 9.21 Å². The number of nitrogens with zero attached hydrogens (tertiary/aromatic N) is 5. The molecule has 0 fully saturated rings. The van der Waals surface area contributed by atoms with Crippen LogP contribution in [0.3, 0.4) is 0 Å². The molecule has 0 aliphatic carbocycles. The molecule has 2 aromatic heterocycles. The van der Waals surface area contributed by atoms with Crippen LogP contribution in [0, 0.1) is 0 Å². The molecule has 4 rings (SSSR count). The molecular weight excluding hydrogens is 402 g/mol. The van der Waals surface area contributed by atoms with E-state index in [0.717, 1.165) is 12.1 Å². The first-order valence-electron chi connectivity index (χ1n) is 9.62. The van der Waals surface area contributed by atoms with Crippen LogP contribution >= 0.6 is 11.6 Å². The zero-order chi connectivity index (χ0) is 20.9. The number of carbonyl (C=O) groups is 1. The highest BCUT2D eigenvalue weighted by Gasteiger charge is 2.21. The van der Waals surface area contributed by atoms with Gasteiger partial charge in [0.05, 0.1) is 34.6 Å². The summed E-state index contributed by atoms with van der Waals surface area (Å²) in [5.74, 6) is 0.537. The van der Waals surface area contributed by atoms with E-state index in [0.29, 0.717) is 34.5 Å². The molecule has 0 saturated carbocycles. The fourth-order valence-electron chi connectivity index (χ4n) is 3.08. The Kier molecular flexibility index (Phi) is 5.90. The number of hydrogen-bond acceptors (Lipinski definition) is 5. The molecule has 0 atom stereocenters.